The summed E-state index contributed by atoms with van der Waals surface area (Å²) in [6.45, 7) is 2.49. The van der Waals surface area contributed by atoms with E-state index in [1.165, 1.54) is 5.56 Å². The topological polar surface area (TPSA) is 67.4 Å². The SMILES string of the molecule is Cc1cccc(C(=O)Nc2ccc(NC(=O)c3ccc(OCCc4ccccc4)c(Br)c3)cc2)c1. The first-order chi connectivity index (χ1) is 17.0. The van der Waals surface area contributed by atoms with Gasteiger partial charge in [-0.05, 0) is 83.0 Å². The van der Waals surface area contributed by atoms with Crippen LogP contribution in [0, 0.1) is 6.92 Å². The van der Waals surface area contributed by atoms with Crippen LogP contribution in [-0.4, -0.2) is 18.4 Å². The Hall–Kier alpha value is -3.90. The second kappa shape index (κ2) is 11.5. The predicted octanol–water partition coefficient (Wildman–Crippen LogP) is 6.88. The number of halogens is 1. The van der Waals surface area contributed by atoms with Gasteiger partial charge in [-0.3, -0.25) is 9.59 Å². The molecule has 0 bridgehead atoms. The maximum absolute atomic E-state index is 12.7. The minimum Gasteiger partial charge on any atom is -0.492 e. The molecule has 0 aliphatic rings. The molecule has 4 aromatic rings. The van der Waals surface area contributed by atoms with Gasteiger partial charge in [-0.1, -0.05) is 48.0 Å². The molecule has 0 fully saturated rings. The van der Waals surface area contributed by atoms with Crippen molar-refractivity contribution in [3.63, 3.8) is 0 Å². The third-order valence-corrected chi connectivity index (χ3v) is 5.99. The maximum Gasteiger partial charge on any atom is 0.255 e. The van der Waals surface area contributed by atoms with Crippen LogP contribution < -0.4 is 15.4 Å². The highest BCUT2D eigenvalue weighted by molar-refractivity contribution is 9.10. The minimum atomic E-state index is -0.238. The predicted molar refractivity (Wildman–Crippen MR) is 143 cm³/mol. The van der Waals surface area contributed by atoms with E-state index in [0.29, 0.717) is 39.3 Å². The van der Waals surface area contributed by atoms with Gasteiger partial charge in [0.1, 0.15) is 5.75 Å². The van der Waals surface area contributed by atoms with Crippen LogP contribution in [0.15, 0.2) is 102 Å². The Labute approximate surface area is 213 Å². The number of aryl methyl sites for hydroxylation is 1. The minimum absolute atomic E-state index is 0.179. The summed E-state index contributed by atoms with van der Waals surface area (Å²) >= 11 is 3.50. The molecule has 5 nitrogen and oxygen atoms in total. The third kappa shape index (κ3) is 6.80. The fourth-order valence-corrected chi connectivity index (χ4v) is 4.01. The lowest BCUT2D eigenvalue weighted by Crippen LogP contribution is -2.13. The van der Waals surface area contributed by atoms with E-state index >= 15 is 0 Å². The number of rotatable bonds is 8. The molecule has 35 heavy (non-hydrogen) atoms. The van der Waals surface area contributed by atoms with Gasteiger partial charge in [-0.2, -0.15) is 0 Å². The summed E-state index contributed by atoms with van der Waals surface area (Å²) < 4.78 is 6.58. The zero-order chi connectivity index (χ0) is 24.6. The second-order valence-electron chi connectivity index (χ2n) is 8.08. The number of benzene rings is 4. The van der Waals surface area contributed by atoms with Crippen LogP contribution in [0.4, 0.5) is 11.4 Å². The molecule has 0 radical (unpaired) electrons. The summed E-state index contributed by atoms with van der Waals surface area (Å²) in [5.41, 5.74) is 4.61. The molecular weight excluding hydrogens is 504 g/mol. The van der Waals surface area contributed by atoms with Crippen molar-refractivity contribution < 1.29 is 14.3 Å². The van der Waals surface area contributed by atoms with Gasteiger partial charge in [-0.25, -0.2) is 0 Å². The van der Waals surface area contributed by atoms with Crippen molar-refractivity contribution in [2.45, 2.75) is 13.3 Å². The molecule has 6 heteroatoms. The van der Waals surface area contributed by atoms with Crippen LogP contribution in [0.3, 0.4) is 0 Å². The first-order valence-electron chi connectivity index (χ1n) is 11.2. The van der Waals surface area contributed by atoms with Gasteiger partial charge in [0.25, 0.3) is 11.8 Å². The van der Waals surface area contributed by atoms with Crippen molar-refractivity contribution in [1.82, 2.24) is 0 Å². The second-order valence-corrected chi connectivity index (χ2v) is 8.94. The van der Waals surface area contributed by atoms with Crippen LogP contribution in [0.2, 0.25) is 0 Å². The first-order valence-corrected chi connectivity index (χ1v) is 12.0. The van der Waals surface area contributed by atoms with E-state index in [-0.39, 0.29) is 11.8 Å². The molecule has 0 spiro atoms. The monoisotopic (exact) mass is 528 g/mol. The molecular formula is C29H25BrN2O3. The lowest BCUT2D eigenvalue weighted by molar-refractivity contribution is 0.101. The molecule has 0 aromatic heterocycles. The quantitative estimate of drug-likeness (QED) is 0.261. The van der Waals surface area contributed by atoms with Crippen LogP contribution in [-0.2, 0) is 6.42 Å². The van der Waals surface area contributed by atoms with Crippen molar-refractivity contribution >= 4 is 39.1 Å². The summed E-state index contributed by atoms with van der Waals surface area (Å²) in [7, 11) is 0. The Balaban J connectivity index is 1.31. The lowest BCUT2D eigenvalue weighted by atomic mass is 10.1. The van der Waals surface area contributed by atoms with E-state index < -0.39 is 0 Å². The van der Waals surface area contributed by atoms with E-state index in [1.807, 2.05) is 43.3 Å². The Kier molecular flexibility index (Phi) is 7.95. The molecule has 0 heterocycles. The van der Waals surface area contributed by atoms with Crippen molar-refractivity contribution in [2.24, 2.45) is 0 Å². The lowest BCUT2D eigenvalue weighted by Gasteiger charge is -2.11. The number of carbonyl (C=O) groups excluding carboxylic acids is 2. The highest BCUT2D eigenvalue weighted by atomic mass is 79.9. The van der Waals surface area contributed by atoms with E-state index in [1.54, 1.807) is 48.5 Å². The van der Waals surface area contributed by atoms with Gasteiger partial charge in [0, 0.05) is 28.9 Å². The molecule has 0 aliphatic heterocycles. The summed E-state index contributed by atoms with van der Waals surface area (Å²) in [5, 5.41) is 5.74. The van der Waals surface area contributed by atoms with Gasteiger partial charge in [0.15, 0.2) is 0 Å². The summed E-state index contributed by atoms with van der Waals surface area (Å²) in [5.74, 6) is 0.269. The highest BCUT2D eigenvalue weighted by Crippen LogP contribution is 2.27. The number of hydrogen-bond donors (Lipinski definition) is 2. The number of hydrogen-bond acceptors (Lipinski definition) is 3. The largest absolute Gasteiger partial charge is 0.492 e. The van der Waals surface area contributed by atoms with Gasteiger partial charge >= 0.3 is 0 Å². The van der Waals surface area contributed by atoms with Gasteiger partial charge in [0.2, 0.25) is 0 Å². The van der Waals surface area contributed by atoms with Gasteiger partial charge < -0.3 is 15.4 Å². The molecule has 0 unspecified atom stereocenters. The average Bonchev–Trinajstić information content (AvgIpc) is 2.87. The molecule has 2 amide bonds. The van der Waals surface area contributed by atoms with Crippen molar-refractivity contribution in [2.75, 3.05) is 17.2 Å². The molecule has 176 valence electrons. The number of ether oxygens (including phenoxy) is 1. The Morgan fingerprint density at radius 2 is 1.37 bits per heavy atom. The zero-order valence-corrected chi connectivity index (χ0v) is 20.8. The van der Waals surface area contributed by atoms with Crippen molar-refractivity contribution in [3.05, 3.63) is 124 Å². The third-order valence-electron chi connectivity index (χ3n) is 5.37. The van der Waals surface area contributed by atoms with Crippen molar-refractivity contribution in [3.8, 4) is 5.75 Å². The number of nitrogens with one attached hydrogen (secondary N) is 2. The molecule has 4 aromatic carbocycles. The number of carbonyl (C=O) groups is 2. The summed E-state index contributed by atoms with van der Waals surface area (Å²) in [6.07, 6.45) is 0.803. The molecule has 4 rings (SSSR count). The van der Waals surface area contributed by atoms with E-state index in [4.69, 9.17) is 4.74 Å². The smallest absolute Gasteiger partial charge is 0.255 e. The Morgan fingerprint density at radius 3 is 1.97 bits per heavy atom. The highest BCUT2D eigenvalue weighted by Gasteiger charge is 2.11. The summed E-state index contributed by atoms with van der Waals surface area (Å²) in [4.78, 5) is 25.1. The number of anilines is 2. The van der Waals surface area contributed by atoms with E-state index in [2.05, 4.69) is 38.7 Å². The number of amides is 2. The van der Waals surface area contributed by atoms with Gasteiger partial charge in [0.05, 0.1) is 11.1 Å². The standard InChI is InChI=1S/C29H25BrN2O3/c1-20-6-5-9-22(18-20)28(33)31-24-11-13-25(14-12-24)32-29(34)23-10-15-27(26(30)19-23)35-17-16-21-7-3-2-4-8-21/h2-15,18-19H,16-17H2,1H3,(H,31,33)(H,32,34). The first kappa shape index (κ1) is 24.2. The van der Waals surface area contributed by atoms with Crippen LogP contribution in [0.5, 0.6) is 5.75 Å². The molecule has 0 aliphatic carbocycles. The Bertz CT molecular complexity index is 1320. The maximum atomic E-state index is 12.7. The van der Waals surface area contributed by atoms with Crippen LogP contribution in [0.1, 0.15) is 31.8 Å². The van der Waals surface area contributed by atoms with Gasteiger partial charge in [-0.15, -0.1) is 0 Å². The Morgan fingerprint density at radius 1 is 0.743 bits per heavy atom. The van der Waals surface area contributed by atoms with Crippen molar-refractivity contribution in [1.29, 1.82) is 0 Å². The molecule has 0 saturated carbocycles. The summed E-state index contributed by atoms with van der Waals surface area (Å²) in [6, 6.07) is 29.8. The molecule has 0 saturated heterocycles. The van der Waals surface area contributed by atoms with E-state index in [9.17, 15) is 9.59 Å². The fraction of sp³-hybridized carbons (Fsp3) is 0.103. The van der Waals surface area contributed by atoms with Crippen LogP contribution >= 0.6 is 15.9 Å². The average molecular weight is 529 g/mol. The fourth-order valence-electron chi connectivity index (χ4n) is 3.51. The molecule has 0 atom stereocenters. The van der Waals surface area contributed by atoms with Crippen LogP contribution in [0.25, 0.3) is 0 Å². The normalized spacial score (nSPS) is 10.5. The molecule has 2 N–H and O–H groups in total. The zero-order valence-electron chi connectivity index (χ0n) is 19.3. The van der Waals surface area contributed by atoms with E-state index in [0.717, 1.165) is 12.0 Å².